The molecule has 2 aromatic rings. The van der Waals surface area contributed by atoms with Crippen LogP contribution in [0.5, 0.6) is 0 Å². The smallest absolute Gasteiger partial charge is 0.242 e. The van der Waals surface area contributed by atoms with Crippen LogP contribution in [0.1, 0.15) is 37.3 Å². The van der Waals surface area contributed by atoms with Gasteiger partial charge in [-0.3, -0.25) is 13.9 Å². The number of sulfonamides is 1. The van der Waals surface area contributed by atoms with Gasteiger partial charge in [0.25, 0.3) is 0 Å². The van der Waals surface area contributed by atoms with Gasteiger partial charge in [-0.1, -0.05) is 54.4 Å². The van der Waals surface area contributed by atoms with Crippen LogP contribution in [0.3, 0.4) is 0 Å². The van der Waals surface area contributed by atoms with Crippen LogP contribution in [-0.2, 0) is 26.2 Å². The Morgan fingerprint density at radius 1 is 1.06 bits per heavy atom. The molecule has 186 valence electrons. The summed E-state index contributed by atoms with van der Waals surface area (Å²) in [5.74, 6) is -0.526. The van der Waals surface area contributed by atoms with Crippen molar-refractivity contribution in [3.63, 3.8) is 0 Å². The van der Waals surface area contributed by atoms with E-state index in [0.717, 1.165) is 11.8 Å². The third-order valence-corrected chi connectivity index (χ3v) is 7.55. The fourth-order valence-corrected chi connectivity index (χ4v) is 5.13. The monoisotopic (exact) mass is 527 g/mol. The molecule has 0 unspecified atom stereocenters. The first-order chi connectivity index (χ1) is 16.0. The van der Waals surface area contributed by atoms with Crippen molar-refractivity contribution in [2.24, 2.45) is 0 Å². The van der Waals surface area contributed by atoms with Crippen LogP contribution in [0.25, 0.3) is 0 Å². The first-order valence-corrected chi connectivity index (χ1v) is 13.6. The number of anilines is 1. The number of hydrogen-bond acceptors (Lipinski definition) is 4. The first-order valence-electron chi connectivity index (χ1n) is 11.0. The van der Waals surface area contributed by atoms with E-state index in [2.05, 4.69) is 5.32 Å². The van der Waals surface area contributed by atoms with E-state index < -0.39 is 16.1 Å². The van der Waals surface area contributed by atoms with Crippen molar-refractivity contribution in [3.05, 3.63) is 63.6 Å². The lowest BCUT2D eigenvalue weighted by molar-refractivity contribution is -0.141. The van der Waals surface area contributed by atoms with Gasteiger partial charge in [0.1, 0.15) is 6.04 Å². The maximum Gasteiger partial charge on any atom is 0.242 e. The summed E-state index contributed by atoms with van der Waals surface area (Å²) in [5, 5.41) is 3.58. The van der Waals surface area contributed by atoms with Crippen molar-refractivity contribution in [2.75, 3.05) is 24.2 Å². The van der Waals surface area contributed by atoms with E-state index in [9.17, 15) is 18.0 Å². The third kappa shape index (κ3) is 7.10. The maximum absolute atomic E-state index is 13.3. The number of halogens is 2. The van der Waals surface area contributed by atoms with Crippen LogP contribution in [0.4, 0.5) is 5.69 Å². The van der Waals surface area contributed by atoms with Gasteiger partial charge in [-0.2, -0.15) is 0 Å². The number of nitrogens with one attached hydrogen (secondary N) is 1. The molecule has 2 amide bonds. The summed E-state index contributed by atoms with van der Waals surface area (Å²) in [5.41, 5.74) is 1.85. The van der Waals surface area contributed by atoms with Crippen molar-refractivity contribution in [1.29, 1.82) is 0 Å². The molecule has 1 N–H and O–H groups in total. The van der Waals surface area contributed by atoms with E-state index in [4.69, 9.17) is 23.2 Å². The highest BCUT2D eigenvalue weighted by Gasteiger charge is 2.29. The largest absolute Gasteiger partial charge is 0.357 e. The van der Waals surface area contributed by atoms with Crippen molar-refractivity contribution >= 4 is 50.7 Å². The van der Waals surface area contributed by atoms with Gasteiger partial charge in [0, 0.05) is 36.6 Å². The molecule has 0 saturated heterocycles. The summed E-state index contributed by atoms with van der Waals surface area (Å²) in [6.45, 7) is 3.86. The van der Waals surface area contributed by atoms with E-state index in [1.807, 2.05) is 19.1 Å². The Balaban J connectivity index is 2.24. The van der Waals surface area contributed by atoms with E-state index in [0.29, 0.717) is 27.7 Å². The molecule has 10 heteroatoms. The Kier molecular flexibility index (Phi) is 10.2. The van der Waals surface area contributed by atoms with Crippen LogP contribution in [0.15, 0.2) is 42.5 Å². The molecule has 0 aromatic heterocycles. The van der Waals surface area contributed by atoms with Crippen molar-refractivity contribution < 1.29 is 18.0 Å². The highest BCUT2D eigenvalue weighted by atomic mass is 35.5. The topological polar surface area (TPSA) is 86.8 Å². The van der Waals surface area contributed by atoms with Crippen molar-refractivity contribution in [1.82, 2.24) is 10.2 Å². The van der Waals surface area contributed by atoms with Gasteiger partial charge in [-0.15, -0.1) is 0 Å². The number of carbonyl (C=O) groups excluding carboxylic acids is 2. The Morgan fingerprint density at radius 2 is 1.71 bits per heavy atom. The van der Waals surface area contributed by atoms with E-state index in [1.165, 1.54) is 16.3 Å². The minimum Gasteiger partial charge on any atom is -0.357 e. The molecule has 0 aliphatic rings. The normalized spacial score (nSPS) is 12.2. The van der Waals surface area contributed by atoms with Crippen LogP contribution in [-0.4, -0.2) is 51.0 Å². The second-order valence-corrected chi connectivity index (χ2v) is 10.7. The molecule has 0 aliphatic heterocycles. The van der Waals surface area contributed by atoms with Gasteiger partial charge < -0.3 is 10.2 Å². The van der Waals surface area contributed by atoms with E-state index in [-0.39, 0.29) is 37.7 Å². The second-order valence-electron chi connectivity index (χ2n) is 7.97. The van der Waals surface area contributed by atoms with Crippen molar-refractivity contribution in [2.45, 2.75) is 45.7 Å². The lowest BCUT2D eigenvalue weighted by Gasteiger charge is -2.31. The zero-order chi connectivity index (χ0) is 25.5. The lowest BCUT2D eigenvalue weighted by Crippen LogP contribution is -2.48. The molecular weight excluding hydrogens is 497 g/mol. The lowest BCUT2D eigenvalue weighted by atomic mass is 10.1. The Morgan fingerprint density at radius 3 is 2.29 bits per heavy atom. The van der Waals surface area contributed by atoms with Crippen LogP contribution in [0, 0.1) is 6.92 Å². The number of amides is 2. The number of carbonyl (C=O) groups is 2. The summed E-state index contributed by atoms with van der Waals surface area (Å²) < 4.78 is 26.2. The van der Waals surface area contributed by atoms with Gasteiger partial charge in [0.15, 0.2) is 0 Å². The molecule has 7 nitrogen and oxygen atoms in total. The van der Waals surface area contributed by atoms with Crippen molar-refractivity contribution in [3.8, 4) is 0 Å². The van der Waals surface area contributed by atoms with Gasteiger partial charge in [0.05, 0.1) is 11.9 Å². The predicted octanol–water partition coefficient (Wildman–Crippen LogP) is 4.40. The van der Waals surface area contributed by atoms with Gasteiger partial charge in [0.2, 0.25) is 21.8 Å². The Hall–Kier alpha value is -2.29. The fourth-order valence-electron chi connectivity index (χ4n) is 3.74. The first kappa shape index (κ1) is 28.0. The molecule has 0 radical (unpaired) electrons. The van der Waals surface area contributed by atoms with Crippen LogP contribution >= 0.6 is 23.2 Å². The zero-order valence-electron chi connectivity index (χ0n) is 19.8. The minimum absolute atomic E-state index is 0.0591. The van der Waals surface area contributed by atoms with E-state index >= 15 is 0 Å². The molecule has 2 aromatic carbocycles. The SMILES string of the molecule is CC[C@H](C(=O)NC)N(Cc1ccccc1Cl)C(=O)CCCN(c1cccc(Cl)c1C)S(C)(=O)=O. The Labute approximate surface area is 212 Å². The molecule has 0 heterocycles. The van der Waals surface area contributed by atoms with Crippen LogP contribution < -0.4 is 9.62 Å². The molecule has 0 aliphatic carbocycles. The third-order valence-electron chi connectivity index (χ3n) is 5.59. The van der Waals surface area contributed by atoms with Gasteiger partial charge >= 0.3 is 0 Å². The molecular formula is C24H31Cl2N3O4S. The summed E-state index contributed by atoms with van der Waals surface area (Å²) in [6, 6.07) is 11.6. The summed E-state index contributed by atoms with van der Waals surface area (Å²) in [4.78, 5) is 27.3. The van der Waals surface area contributed by atoms with Gasteiger partial charge in [-0.25, -0.2) is 8.42 Å². The number of hydrogen-bond donors (Lipinski definition) is 1. The summed E-state index contributed by atoms with van der Waals surface area (Å²) in [6.07, 6.45) is 1.87. The summed E-state index contributed by atoms with van der Waals surface area (Å²) in [7, 11) is -2.07. The average Bonchev–Trinajstić information content (AvgIpc) is 2.78. The molecule has 0 fully saturated rings. The van der Waals surface area contributed by atoms with Crippen LogP contribution in [0.2, 0.25) is 10.0 Å². The zero-order valence-corrected chi connectivity index (χ0v) is 22.2. The number of rotatable bonds is 11. The number of nitrogens with zero attached hydrogens (tertiary/aromatic N) is 2. The average molecular weight is 529 g/mol. The van der Waals surface area contributed by atoms with E-state index in [1.54, 1.807) is 37.3 Å². The molecule has 0 spiro atoms. The maximum atomic E-state index is 13.3. The highest BCUT2D eigenvalue weighted by molar-refractivity contribution is 7.92. The number of benzene rings is 2. The molecule has 34 heavy (non-hydrogen) atoms. The minimum atomic E-state index is -3.60. The highest BCUT2D eigenvalue weighted by Crippen LogP contribution is 2.28. The fraction of sp³-hybridized carbons (Fsp3) is 0.417. The van der Waals surface area contributed by atoms with Gasteiger partial charge in [-0.05, 0) is 49.1 Å². The molecule has 0 bridgehead atoms. The molecule has 2 rings (SSSR count). The standard InChI is InChI=1S/C24H31Cl2N3O4S/c1-5-21(24(31)27-3)28(16-18-10-6-7-11-20(18)26)23(30)14-9-15-29(34(4,32)33)22-13-8-12-19(25)17(22)2/h6-8,10-13,21H,5,9,14-16H2,1-4H3,(H,27,31)/t21-/m1/s1. The number of likely N-dealkylation sites (N-methyl/N-ethyl adjacent to an activating group) is 1. The Bertz CT molecular complexity index is 1120. The predicted molar refractivity (Wildman–Crippen MR) is 138 cm³/mol. The second kappa shape index (κ2) is 12.4. The quantitative estimate of drug-likeness (QED) is 0.469. The molecule has 1 atom stereocenters. The molecule has 0 saturated carbocycles. The summed E-state index contributed by atoms with van der Waals surface area (Å²) >= 11 is 12.5.